The van der Waals surface area contributed by atoms with Crippen molar-refractivity contribution in [2.75, 3.05) is 12.8 Å². The zero-order chi connectivity index (χ0) is 15.4. The Labute approximate surface area is 122 Å². The van der Waals surface area contributed by atoms with Crippen molar-refractivity contribution < 1.29 is 18.7 Å². The van der Waals surface area contributed by atoms with Crippen LogP contribution in [0.3, 0.4) is 0 Å². The zero-order valence-electron chi connectivity index (χ0n) is 11.9. The molecule has 0 spiro atoms. The Morgan fingerprint density at radius 2 is 2.05 bits per heavy atom. The molecule has 0 saturated heterocycles. The minimum Gasteiger partial charge on any atom is -0.494 e. The van der Waals surface area contributed by atoms with Crippen molar-refractivity contribution >= 4 is 11.7 Å². The van der Waals surface area contributed by atoms with E-state index in [2.05, 4.69) is 0 Å². The molecular weight excluding hydrogens is 273 g/mol. The van der Waals surface area contributed by atoms with Gasteiger partial charge < -0.3 is 15.2 Å². The lowest BCUT2D eigenvalue weighted by atomic mass is 10.1. The molecule has 2 aromatic carbocycles. The predicted octanol–water partition coefficient (Wildman–Crippen LogP) is 3.08. The van der Waals surface area contributed by atoms with Crippen LogP contribution >= 0.6 is 0 Å². The van der Waals surface area contributed by atoms with Gasteiger partial charge in [-0.1, -0.05) is 12.1 Å². The quantitative estimate of drug-likeness (QED) is 0.694. The summed E-state index contributed by atoms with van der Waals surface area (Å²) >= 11 is 0. The zero-order valence-corrected chi connectivity index (χ0v) is 11.9. The second-order valence-electron chi connectivity index (χ2n) is 4.64. The van der Waals surface area contributed by atoms with Crippen LogP contribution in [0.5, 0.6) is 5.75 Å². The highest BCUT2D eigenvalue weighted by Gasteiger charge is 2.12. The number of nitrogens with two attached hydrogens (primary N) is 1. The molecule has 0 aromatic heterocycles. The molecule has 110 valence electrons. The van der Waals surface area contributed by atoms with E-state index in [1.807, 2.05) is 6.92 Å². The molecule has 0 aliphatic carbocycles. The third-order valence-corrected chi connectivity index (χ3v) is 2.96. The van der Waals surface area contributed by atoms with Gasteiger partial charge in [-0.05, 0) is 36.8 Å². The number of benzene rings is 2. The van der Waals surface area contributed by atoms with E-state index >= 15 is 0 Å². The lowest BCUT2D eigenvalue weighted by Gasteiger charge is -2.09. The Morgan fingerprint density at radius 1 is 1.29 bits per heavy atom. The topological polar surface area (TPSA) is 61.5 Å². The molecule has 0 aliphatic heterocycles. The molecule has 5 heteroatoms. The van der Waals surface area contributed by atoms with Crippen molar-refractivity contribution in [1.82, 2.24) is 0 Å². The number of nitrogen functional groups attached to an aromatic ring is 1. The maximum atomic E-state index is 13.9. The van der Waals surface area contributed by atoms with Crippen molar-refractivity contribution in [3.8, 4) is 5.75 Å². The number of halogens is 1. The Bertz CT molecular complexity index is 650. The van der Waals surface area contributed by atoms with Crippen molar-refractivity contribution in [2.45, 2.75) is 13.5 Å². The Balaban J connectivity index is 2.11. The van der Waals surface area contributed by atoms with E-state index in [0.717, 1.165) is 5.56 Å². The molecular formula is C16H16FNO3. The Morgan fingerprint density at radius 3 is 2.71 bits per heavy atom. The minimum atomic E-state index is -0.549. The maximum absolute atomic E-state index is 13.9. The highest BCUT2D eigenvalue weighted by molar-refractivity contribution is 5.90. The van der Waals surface area contributed by atoms with E-state index in [1.165, 1.54) is 25.3 Å². The van der Waals surface area contributed by atoms with Gasteiger partial charge >= 0.3 is 5.97 Å². The van der Waals surface area contributed by atoms with Gasteiger partial charge in [0.1, 0.15) is 6.61 Å². The Kier molecular flexibility index (Phi) is 4.42. The first kappa shape index (κ1) is 14.8. The number of carbonyl (C=O) groups is 1. The van der Waals surface area contributed by atoms with Crippen LogP contribution in [0.4, 0.5) is 10.1 Å². The highest BCUT2D eigenvalue weighted by Crippen LogP contribution is 2.21. The number of carbonyl (C=O) groups excluding carboxylic acids is 1. The third kappa shape index (κ3) is 3.51. The fraction of sp³-hybridized carbons (Fsp3) is 0.188. The van der Waals surface area contributed by atoms with E-state index < -0.39 is 11.8 Å². The molecule has 0 amide bonds. The first-order valence-corrected chi connectivity index (χ1v) is 6.37. The van der Waals surface area contributed by atoms with Crippen LogP contribution in [0.25, 0.3) is 0 Å². The second kappa shape index (κ2) is 6.26. The molecule has 0 heterocycles. The summed E-state index contributed by atoms with van der Waals surface area (Å²) in [6.45, 7) is 1.66. The monoisotopic (exact) mass is 289 g/mol. The summed E-state index contributed by atoms with van der Waals surface area (Å²) in [6, 6.07) is 9.61. The van der Waals surface area contributed by atoms with E-state index in [4.69, 9.17) is 15.2 Å². The van der Waals surface area contributed by atoms with Gasteiger partial charge in [0.05, 0.1) is 12.7 Å². The SMILES string of the molecule is COc1cccc(COC(=O)c2cc(C)cc(N)c2)c1F. The molecule has 0 unspecified atom stereocenters. The van der Waals surface area contributed by atoms with Gasteiger partial charge in [0.25, 0.3) is 0 Å². The Hall–Kier alpha value is -2.56. The molecule has 0 atom stereocenters. The van der Waals surface area contributed by atoms with Crippen LogP contribution in [0.2, 0.25) is 0 Å². The molecule has 2 rings (SSSR count). The first-order chi connectivity index (χ1) is 10.0. The standard InChI is InChI=1S/C16H16FNO3/c1-10-6-12(8-13(18)7-10)16(19)21-9-11-4-3-5-14(20-2)15(11)17/h3-8H,9,18H2,1-2H3. The summed E-state index contributed by atoms with van der Waals surface area (Å²) < 4.78 is 23.9. The summed E-state index contributed by atoms with van der Waals surface area (Å²) in [4.78, 5) is 12.0. The number of hydrogen-bond donors (Lipinski definition) is 1. The average Bonchev–Trinajstić information content (AvgIpc) is 2.45. The van der Waals surface area contributed by atoms with Crippen molar-refractivity contribution in [1.29, 1.82) is 0 Å². The van der Waals surface area contributed by atoms with Gasteiger partial charge in [-0.15, -0.1) is 0 Å². The third-order valence-electron chi connectivity index (χ3n) is 2.96. The largest absolute Gasteiger partial charge is 0.494 e. The fourth-order valence-corrected chi connectivity index (χ4v) is 1.98. The summed E-state index contributed by atoms with van der Waals surface area (Å²) in [5.41, 5.74) is 7.62. The molecule has 0 saturated carbocycles. The summed E-state index contributed by atoms with van der Waals surface area (Å²) in [6.07, 6.45) is 0. The van der Waals surface area contributed by atoms with Crippen LogP contribution < -0.4 is 10.5 Å². The van der Waals surface area contributed by atoms with Crippen LogP contribution in [0.15, 0.2) is 36.4 Å². The van der Waals surface area contributed by atoms with Gasteiger partial charge in [-0.2, -0.15) is 0 Å². The van der Waals surface area contributed by atoms with Gasteiger partial charge in [0.2, 0.25) is 0 Å². The van der Waals surface area contributed by atoms with E-state index in [0.29, 0.717) is 11.3 Å². The van der Waals surface area contributed by atoms with Crippen molar-refractivity contribution in [3.05, 3.63) is 58.9 Å². The summed E-state index contributed by atoms with van der Waals surface area (Å²) in [5, 5.41) is 0. The molecule has 0 aliphatic rings. The van der Waals surface area contributed by atoms with Gasteiger partial charge in [-0.25, -0.2) is 9.18 Å². The summed E-state index contributed by atoms with van der Waals surface area (Å²) in [7, 11) is 1.38. The number of anilines is 1. The van der Waals surface area contributed by atoms with E-state index in [9.17, 15) is 9.18 Å². The highest BCUT2D eigenvalue weighted by atomic mass is 19.1. The molecule has 0 bridgehead atoms. The van der Waals surface area contributed by atoms with Crippen LogP contribution in [-0.4, -0.2) is 13.1 Å². The molecule has 0 fully saturated rings. The van der Waals surface area contributed by atoms with Crippen molar-refractivity contribution in [2.24, 2.45) is 0 Å². The maximum Gasteiger partial charge on any atom is 0.338 e. The minimum absolute atomic E-state index is 0.114. The number of esters is 1. The fourth-order valence-electron chi connectivity index (χ4n) is 1.98. The van der Waals surface area contributed by atoms with Crippen LogP contribution in [-0.2, 0) is 11.3 Å². The normalized spacial score (nSPS) is 10.2. The first-order valence-electron chi connectivity index (χ1n) is 6.37. The predicted molar refractivity (Wildman–Crippen MR) is 77.7 cm³/mol. The number of rotatable bonds is 4. The molecule has 2 aromatic rings. The summed E-state index contributed by atoms with van der Waals surface area (Å²) in [5.74, 6) is -0.965. The molecule has 2 N–H and O–H groups in total. The second-order valence-corrected chi connectivity index (χ2v) is 4.64. The number of aryl methyl sites for hydroxylation is 1. The smallest absolute Gasteiger partial charge is 0.338 e. The van der Waals surface area contributed by atoms with Crippen LogP contribution in [0.1, 0.15) is 21.5 Å². The van der Waals surface area contributed by atoms with Gasteiger partial charge in [-0.3, -0.25) is 0 Å². The lowest BCUT2D eigenvalue weighted by molar-refractivity contribution is 0.0468. The molecule has 0 radical (unpaired) electrons. The van der Waals surface area contributed by atoms with Crippen molar-refractivity contribution in [3.63, 3.8) is 0 Å². The lowest BCUT2D eigenvalue weighted by Crippen LogP contribution is -2.07. The molecule has 4 nitrogen and oxygen atoms in total. The van der Waals surface area contributed by atoms with E-state index in [-0.39, 0.29) is 17.9 Å². The number of hydrogen-bond acceptors (Lipinski definition) is 4. The van der Waals surface area contributed by atoms with Crippen LogP contribution in [0, 0.1) is 12.7 Å². The molecule has 21 heavy (non-hydrogen) atoms. The van der Waals surface area contributed by atoms with E-state index in [1.54, 1.807) is 18.2 Å². The average molecular weight is 289 g/mol. The van der Waals surface area contributed by atoms with Gasteiger partial charge in [0, 0.05) is 11.3 Å². The number of ether oxygens (including phenoxy) is 2. The van der Waals surface area contributed by atoms with Gasteiger partial charge in [0.15, 0.2) is 11.6 Å². The number of methoxy groups -OCH3 is 1.